The molecule has 0 bridgehead atoms. The normalized spacial score (nSPS) is 12.9. The minimum absolute atomic E-state index is 0.0759. The van der Waals surface area contributed by atoms with Crippen molar-refractivity contribution >= 4 is 11.9 Å². The first-order valence-electron chi connectivity index (χ1n) is 8.12. The van der Waals surface area contributed by atoms with Gasteiger partial charge in [0.1, 0.15) is 6.61 Å². The summed E-state index contributed by atoms with van der Waals surface area (Å²) in [5.41, 5.74) is 0.0259. The van der Waals surface area contributed by atoms with Crippen molar-refractivity contribution in [1.82, 2.24) is 0 Å². The van der Waals surface area contributed by atoms with Gasteiger partial charge in [-0.05, 0) is 25.0 Å². The van der Waals surface area contributed by atoms with Gasteiger partial charge >= 0.3 is 11.9 Å². The molecule has 132 valence electrons. The Morgan fingerprint density at radius 1 is 1.00 bits per heavy atom. The van der Waals surface area contributed by atoms with Crippen molar-refractivity contribution in [2.75, 3.05) is 6.61 Å². The van der Waals surface area contributed by atoms with Gasteiger partial charge in [-0.3, -0.25) is 4.79 Å². The highest BCUT2D eigenvalue weighted by atomic mass is 16.6. The summed E-state index contributed by atoms with van der Waals surface area (Å²) in [6, 6.07) is 15.9. The van der Waals surface area contributed by atoms with E-state index in [4.69, 9.17) is 9.47 Å². The number of hydrogen-bond donors (Lipinski definition) is 1. The zero-order chi connectivity index (χ0) is 18.3. The van der Waals surface area contributed by atoms with Gasteiger partial charge in [0.25, 0.3) is 0 Å². The molecule has 2 aromatic rings. The second kappa shape index (κ2) is 8.44. The molecule has 1 atom stereocenters. The van der Waals surface area contributed by atoms with E-state index >= 15 is 0 Å². The number of aliphatic hydroxyl groups is 1. The maximum Gasteiger partial charge on any atom is 0.343 e. The van der Waals surface area contributed by atoms with E-state index in [1.807, 2.05) is 37.3 Å². The Morgan fingerprint density at radius 3 is 2.24 bits per heavy atom. The number of aryl methyl sites for hydroxylation is 1. The third kappa shape index (κ3) is 4.90. The van der Waals surface area contributed by atoms with Crippen molar-refractivity contribution in [1.29, 1.82) is 0 Å². The molecular formula is C20H22O5. The number of benzene rings is 2. The van der Waals surface area contributed by atoms with E-state index in [-0.39, 0.29) is 13.2 Å². The molecule has 0 aliphatic carbocycles. The smallest absolute Gasteiger partial charge is 0.343 e. The molecule has 2 rings (SSSR count). The first-order valence-corrected chi connectivity index (χ1v) is 8.12. The largest absolute Gasteiger partial charge is 0.464 e. The van der Waals surface area contributed by atoms with Crippen LogP contribution in [-0.4, -0.2) is 23.7 Å². The summed E-state index contributed by atoms with van der Waals surface area (Å²) in [7, 11) is 0. The standard InChI is InChI=1S/C20H22O5/c1-3-24-19(22)20(23,17-11-9-15(2)10-12-17)13-18(21)25-14-16-7-5-4-6-8-16/h4-12,23H,3,13-14H2,1-2H3/t20-/m1/s1. The number of carbonyl (C=O) groups excluding carboxylic acids is 2. The van der Waals surface area contributed by atoms with E-state index in [1.165, 1.54) is 0 Å². The first-order chi connectivity index (χ1) is 12.0. The van der Waals surface area contributed by atoms with Gasteiger partial charge in [0, 0.05) is 0 Å². The number of ether oxygens (including phenoxy) is 2. The molecule has 0 aliphatic rings. The Kier molecular flexibility index (Phi) is 6.31. The molecule has 0 amide bonds. The number of esters is 2. The van der Waals surface area contributed by atoms with Gasteiger partial charge in [-0.2, -0.15) is 0 Å². The lowest BCUT2D eigenvalue weighted by Crippen LogP contribution is -2.40. The highest BCUT2D eigenvalue weighted by Gasteiger charge is 2.42. The Balaban J connectivity index is 2.13. The number of hydrogen-bond acceptors (Lipinski definition) is 5. The summed E-state index contributed by atoms with van der Waals surface area (Å²) in [5.74, 6) is -1.55. The molecule has 0 aliphatic heterocycles. The van der Waals surface area contributed by atoms with Crippen molar-refractivity contribution in [2.24, 2.45) is 0 Å². The molecule has 0 unspecified atom stereocenters. The molecule has 0 saturated carbocycles. The monoisotopic (exact) mass is 342 g/mol. The van der Waals surface area contributed by atoms with Gasteiger partial charge in [-0.1, -0.05) is 60.2 Å². The minimum Gasteiger partial charge on any atom is -0.464 e. The molecule has 0 spiro atoms. The van der Waals surface area contributed by atoms with Crippen LogP contribution < -0.4 is 0 Å². The van der Waals surface area contributed by atoms with E-state index < -0.39 is 24.0 Å². The number of rotatable bonds is 7. The maximum absolute atomic E-state index is 12.3. The van der Waals surface area contributed by atoms with Crippen molar-refractivity contribution in [2.45, 2.75) is 32.5 Å². The first kappa shape index (κ1) is 18.7. The zero-order valence-electron chi connectivity index (χ0n) is 14.4. The third-order valence-electron chi connectivity index (χ3n) is 3.79. The Labute approximate surface area is 147 Å². The van der Waals surface area contributed by atoms with E-state index in [0.717, 1.165) is 11.1 Å². The SMILES string of the molecule is CCOC(=O)[C@@](O)(CC(=O)OCc1ccccc1)c1ccc(C)cc1. The van der Waals surface area contributed by atoms with Gasteiger partial charge in [0.05, 0.1) is 13.0 Å². The average molecular weight is 342 g/mol. The second-order valence-electron chi connectivity index (χ2n) is 5.77. The molecule has 0 fully saturated rings. The quantitative estimate of drug-likeness (QED) is 0.783. The molecule has 2 aromatic carbocycles. The van der Waals surface area contributed by atoms with Crippen LogP contribution in [0.5, 0.6) is 0 Å². The lowest BCUT2D eigenvalue weighted by molar-refractivity contribution is -0.174. The van der Waals surface area contributed by atoms with Crippen LogP contribution in [0.25, 0.3) is 0 Å². The summed E-state index contributed by atoms with van der Waals surface area (Å²) in [6.07, 6.45) is -0.512. The van der Waals surface area contributed by atoms with Crippen LogP contribution in [-0.2, 0) is 31.3 Å². The predicted octanol–water partition coefficient (Wildman–Crippen LogP) is 2.88. The van der Waals surface area contributed by atoms with E-state index in [2.05, 4.69) is 0 Å². The lowest BCUT2D eigenvalue weighted by Gasteiger charge is -2.25. The van der Waals surface area contributed by atoms with E-state index in [0.29, 0.717) is 5.56 Å². The van der Waals surface area contributed by atoms with Gasteiger partial charge in [0.15, 0.2) is 5.60 Å². The van der Waals surface area contributed by atoms with Crippen LogP contribution >= 0.6 is 0 Å². The zero-order valence-corrected chi connectivity index (χ0v) is 14.4. The fourth-order valence-electron chi connectivity index (χ4n) is 2.37. The maximum atomic E-state index is 12.3. The van der Waals surface area contributed by atoms with Crippen molar-refractivity contribution in [3.05, 3.63) is 71.3 Å². The van der Waals surface area contributed by atoms with Crippen molar-refractivity contribution in [3.8, 4) is 0 Å². The fourth-order valence-corrected chi connectivity index (χ4v) is 2.37. The highest BCUT2D eigenvalue weighted by Crippen LogP contribution is 2.28. The lowest BCUT2D eigenvalue weighted by atomic mass is 9.90. The topological polar surface area (TPSA) is 72.8 Å². The molecule has 1 N–H and O–H groups in total. The third-order valence-corrected chi connectivity index (χ3v) is 3.79. The minimum atomic E-state index is -2.07. The molecule has 0 radical (unpaired) electrons. The molecule has 0 saturated heterocycles. The summed E-state index contributed by atoms with van der Waals surface area (Å²) < 4.78 is 10.1. The van der Waals surface area contributed by atoms with Gasteiger partial charge in [-0.25, -0.2) is 4.79 Å². The van der Waals surface area contributed by atoms with Crippen LogP contribution in [0.3, 0.4) is 0 Å². The van der Waals surface area contributed by atoms with Gasteiger partial charge < -0.3 is 14.6 Å². The summed E-state index contributed by atoms with van der Waals surface area (Å²) in [4.78, 5) is 24.5. The Morgan fingerprint density at radius 2 is 1.64 bits per heavy atom. The average Bonchev–Trinajstić information content (AvgIpc) is 2.61. The van der Waals surface area contributed by atoms with Crippen LogP contribution in [0.2, 0.25) is 0 Å². The van der Waals surface area contributed by atoms with Gasteiger partial charge in [0.2, 0.25) is 0 Å². The number of carbonyl (C=O) groups is 2. The summed E-state index contributed by atoms with van der Waals surface area (Å²) in [5, 5.41) is 10.9. The Hall–Kier alpha value is -2.66. The van der Waals surface area contributed by atoms with E-state index in [1.54, 1.807) is 31.2 Å². The molecule has 5 nitrogen and oxygen atoms in total. The van der Waals surface area contributed by atoms with Crippen LogP contribution in [0.4, 0.5) is 0 Å². The van der Waals surface area contributed by atoms with Crippen LogP contribution in [0.15, 0.2) is 54.6 Å². The Bertz CT molecular complexity index is 709. The van der Waals surface area contributed by atoms with Crippen LogP contribution in [0.1, 0.15) is 30.0 Å². The highest BCUT2D eigenvalue weighted by molar-refractivity contribution is 5.87. The van der Waals surface area contributed by atoms with Crippen LogP contribution in [0, 0.1) is 6.92 Å². The second-order valence-corrected chi connectivity index (χ2v) is 5.77. The molecule has 5 heteroatoms. The molecule has 25 heavy (non-hydrogen) atoms. The molecule has 0 heterocycles. The molecule has 0 aromatic heterocycles. The van der Waals surface area contributed by atoms with Crippen molar-refractivity contribution in [3.63, 3.8) is 0 Å². The van der Waals surface area contributed by atoms with Gasteiger partial charge in [-0.15, -0.1) is 0 Å². The van der Waals surface area contributed by atoms with E-state index in [9.17, 15) is 14.7 Å². The molecular weight excluding hydrogens is 320 g/mol. The predicted molar refractivity (Wildman–Crippen MR) is 92.6 cm³/mol. The fraction of sp³-hybridized carbons (Fsp3) is 0.300. The summed E-state index contributed by atoms with van der Waals surface area (Å²) >= 11 is 0. The van der Waals surface area contributed by atoms with Crippen molar-refractivity contribution < 1.29 is 24.2 Å². The summed E-state index contributed by atoms with van der Waals surface area (Å²) in [6.45, 7) is 3.71.